The highest BCUT2D eigenvalue weighted by Crippen LogP contribution is 2.66. The minimum absolute atomic E-state index is 0.0345. The second kappa shape index (κ2) is 11.3. The molecule has 218 valence electrons. The highest BCUT2D eigenvalue weighted by molar-refractivity contribution is 7.66. The Morgan fingerprint density at radius 3 is 2.33 bits per heavy atom. The van der Waals surface area contributed by atoms with Gasteiger partial charge in [-0.25, -0.2) is 18.7 Å². The third-order valence-corrected chi connectivity index (χ3v) is 9.03. The number of hydrogen-bond donors (Lipinski definition) is 8. The maximum atomic E-state index is 12.5. The fourth-order valence-corrected chi connectivity index (χ4v) is 6.70. The van der Waals surface area contributed by atoms with Crippen LogP contribution >= 0.6 is 23.5 Å². The summed E-state index contributed by atoms with van der Waals surface area (Å²) < 4.78 is 52.9. The zero-order valence-corrected chi connectivity index (χ0v) is 22.5. The van der Waals surface area contributed by atoms with Gasteiger partial charge in [-0.2, -0.15) is 13.6 Å². The molecule has 9 N–H and O–H groups in total. The molecule has 0 radical (unpaired) electrons. The van der Waals surface area contributed by atoms with Crippen LogP contribution in [0, 0.1) is 0 Å². The number of phosphoric acid groups is 3. The number of aromatic nitrogens is 4. The first-order valence-electron chi connectivity index (χ1n) is 10.9. The number of aromatic amines is 1. The summed E-state index contributed by atoms with van der Waals surface area (Å²) in [7, 11) is -16.9. The number of benzene rings is 1. The topological polar surface area (TPSA) is 299 Å². The molecule has 0 spiro atoms. The van der Waals surface area contributed by atoms with Crippen molar-refractivity contribution in [3.05, 3.63) is 52.1 Å². The summed E-state index contributed by atoms with van der Waals surface area (Å²) in [6.07, 6.45) is -3.58. The fourth-order valence-electron chi connectivity index (χ4n) is 3.67. The Balaban J connectivity index is 1.61. The molecule has 4 rings (SSSR count). The Labute approximate surface area is 222 Å². The molecule has 1 aliphatic rings. The SMILES string of the molecule is Nc1nc2c(nc(/C=C/c3ccccc3)n2[C@@H]2O[C@H](COP(=O)(O)OP(=O)(O)OP(=O)(O)O)C(O)C2O)c(=O)[nH]1. The largest absolute Gasteiger partial charge is 0.490 e. The molecule has 3 heterocycles. The van der Waals surface area contributed by atoms with E-state index in [0.717, 1.165) is 10.1 Å². The number of anilines is 1. The van der Waals surface area contributed by atoms with Gasteiger partial charge in [0.2, 0.25) is 5.95 Å². The number of aliphatic hydroxyl groups excluding tert-OH is 2. The van der Waals surface area contributed by atoms with Crippen LogP contribution in [0.4, 0.5) is 5.95 Å². The highest BCUT2D eigenvalue weighted by Gasteiger charge is 2.47. The van der Waals surface area contributed by atoms with E-state index < -0.39 is 60.2 Å². The number of ether oxygens (including phenoxy) is 1. The molecule has 40 heavy (non-hydrogen) atoms. The molecule has 1 aliphatic heterocycles. The predicted molar refractivity (Wildman–Crippen MR) is 134 cm³/mol. The van der Waals surface area contributed by atoms with Crippen molar-refractivity contribution in [1.82, 2.24) is 19.5 Å². The van der Waals surface area contributed by atoms with Crippen LogP contribution < -0.4 is 11.3 Å². The van der Waals surface area contributed by atoms with E-state index in [0.29, 0.717) is 0 Å². The molecule has 2 aromatic heterocycles. The molecule has 1 fully saturated rings. The van der Waals surface area contributed by atoms with E-state index in [4.69, 9.17) is 20.3 Å². The van der Waals surface area contributed by atoms with Crippen molar-refractivity contribution in [1.29, 1.82) is 0 Å². The Morgan fingerprint density at radius 2 is 1.68 bits per heavy atom. The lowest BCUT2D eigenvalue weighted by Gasteiger charge is -2.19. The van der Waals surface area contributed by atoms with Gasteiger partial charge in [0.05, 0.1) is 6.61 Å². The Kier molecular flexibility index (Phi) is 8.61. The van der Waals surface area contributed by atoms with Crippen molar-refractivity contribution in [2.24, 2.45) is 0 Å². The third kappa shape index (κ3) is 7.18. The average molecular weight is 625 g/mol. The molecule has 6 atom stereocenters. The van der Waals surface area contributed by atoms with E-state index in [2.05, 4.69) is 28.1 Å². The van der Waals surface area contributed by atoms with E-state index in [1.165, 1.54) is 6.08 Å². The van der Waals surface area contributed by atoms with E-state index in [9.17, 15) is 38.5 Å². The zero-order chi connectivity index (χ0) is 29.5. The molecule has 1 aromatic carbocycles. The second-order valence-electron chi connectivity index (χ2n) is 8.14. The fraction of sp³-hybridized carbons (Fsp3) is 0.278. The van der Waals surface area contributed by atoms with Crippen molar-refractivity contribution < 1.29 is 61.4 Å². The number of nitrogen functional groups attached to an aromatic ring is 1. The smallest absolute Gasteiger partial charge is 0.387 e. The van der Waals surface area contributed by atoms with Gasteiger partial charge in [0.25, 0.3) is 5.56 Å². The number of phosphoric ester groups is 1. The molecule has 0 amide bonds. The van der Waals surface area contributed by atoms with Gasteiger partial charge in [-0.1, -0.05) is 36.4 Å². The van der Waals surface area contributed by atoms with Gasteiger partial charge in [-0.15, -0.1) is 0 Å². The van der Waals surface area contributed by atoms with Crippen molar-refractivity contribution in [3.63, 3.8) is 0 Å². The number of nitrogens with zero attached hydrogens (tertiary/aromatic N) is 3. The van der Waals surface area contributed by atoms with E-state index in [1.807, 2.05) is 0 Å². The molecule has 3 aromatic rings. The third-order valence-electron chi connectivity index (χ3n) is 5.23. The first-order valence-corrected chi connectivity index (χ1v) is 15.4. The minimum Gasteiger partial charge on any atom is -0.387 e. The van der Waals surface area contributed by atoms with Crippen molar-refractivity contribution in [3.8, 4) is 0 Å². The predicted octanol–water partition coefficient (Wildman–Crippen LogP) is -0.165. The summed E-state index contributed by atoms with van der Waals surface area (Å²) in [5, 5.41) is 21.3. The summed E-state index contributed by atoms with van der Waals surface area (Å²) >= 11 is 0. The Bertz CT molecular complexity index is 1620. The standard InChI is InChI=1S/C18H22N5O14P3/c19-18-21-15-12(16(26)22-18)20-11(7-6-9-4-2-1-3-5-9)23(15)17-14(25)13(24)10(35-17)8-34-39(30,31)37-40(32,33)36-38(27,28)29/h1-7,10,13-14,17,24-25H,8H2,(H,30,31)(H,32,33)(H2,27,28,29)(H3,19,21,22,26)/b7-6+/t10-,13?,14?,17-/m1/s1. The second-order valence-corrected chi connectivity index (χ2v) is 12.6. The number of H-pyrrole nitrogens is 1. The van der Waals surface area contributed by atoms with E-state index >= 15 is 0 Å². The van der Waals surface area contributed by atoms with Gasteiger partial charge < -0.3 is 40.3 Å². The maximum absolute atomic E-state index is 12.5. The molecule has 0 bridgehead atoms. The summed E-state index contributed by atoms with van der Waals surface area (Å²) in [6, 6.07) is 8.90. The van der Waals surface area contributed by atoms with Gasteiger partial charge in [0.15, 0.2) is 17.4 Å². The summed E-state index contributed by atoms with van der Waals surface area (Å²) in [5.41, 5.74) is 5.36. The van der Waals surface area contributed by atoms with Crippen LogP contribution in [0.25, 0.3) is 23.3 Å². The lowest BCUT2D eigenvalue weighted by atomic mass is 10.1. The molecule has 0 aliphatic carbocycles. The first-order chi connectivity index (χ1) is 18.6. The number of imidazole rings is 1. The summed E-state index contributed by atoms with van der Waals surface area (Å²) in [4.78, 5) is 59.2. The molecule has 22 heteroatoms. The zero-order valence-electron chi connectivity index (χ0n) is 19.8. The van der Waals surface area contributed by atoms with Crippen LogP contribution in [0.2, 0.25) is 0 Å². The van der Waals surface area contributed by atoms with Gasteiger partial charge in [-0.3, -0.25) is 18.9 Å². The van der Waals surface area contributed by atoms with Crippen LogP contribution in [0.5, 0.6) is 0 Å². The van der Waals surface area contributed by atoms with Crippen LogP contribution in [0.3, 0.4) is 0 Å². The van der Waals surface area contributed by atoms with Gasteiger partial charge in [-0.05, 0) is 11.6 Å². The molecular weight excluding hydrogens is 603 g/mol. The number of rotatable bonds is 10. The van der Waals surface area contributed by atoms with Crippen molar-refractivity contribution in [2.45, 2.75) is 24.5 Å². The number of nitrogens with two attached hydrogens (primary N) is 1. The van der Waals surface area contributed by atoms with Crippen molar-refractivity contribution in [2.75, 3.05) is 12.3 Å². The van der Waals surface area contributed by atoms with Gasteiger partial charge in [0, 0.05) is 0 Å². The molecule has 0 saturated carbocycles. The van der Waals surface area contributed by atoms with Gasteiger partial charge >= 0.3 is 23.5 Å². The highest BCUT2D eigenvalue weighted by atomic mass is 31.3. The molecule has 19 nitrogen and oxygen atoms in total. The lowest BCUT2D eigenvalue weighted by molar-refractivity contribution is -0.0505. The molecule has 4 unspecified atom stereocenters. The maximum Gasteiger partial charge on any atom is 0.490 e. The molecule has 1 saturated heterocycles. The van der Waals surface area contributed by atoms with E-state index in [-0.39, 0.29) is 22.9 Å². The van der Waals surface area contributed by atoms with Crippen LogP contribution in [-0.2, 0) is 31.6 Å². The van der Waals surface area contributed by atoms with Crippen LogP contribution in [0.1, 0.15) is 17.6 Å². The summed E-state index contributed by atoms with van der Waals surface area (Å²) in [6.45, 7) is -1.05. The average Bonchev–Trinajstić information content (AvgIpc) is 3.31. The number of hydrogen-bond acceptors (Lipinski definition) is 13. The number of nitrogens with one attached hydrogen (secondary N) is 1. The van der Waals surface area contributed by atoms with Crippen molar-refractivity contribution >= 4 is 52.7 Å². The monoisotopic (exact) mass is 625 g/mol. The number of aliphatic hydroxyl groups is 2. The number of fused-ring (bicyclic) bond motifs is 1. The van der Waals surface area contributed by atoms with E-state index in [1.54, 1.807) is 36.4 Å². The Morgan fingerprint density at radius 1 is 1.00 bits per heavy atom. The first kappa shape index (κ1) is 30.4. The molecular formula is C18H22N5O14P3. The van der Waals surface area contributed by atoms with Crippen LogP contribution in [0.15, 0.2) is 35.1 Å². The lowest BCUT2D eigenvalue weighted by Crippen LogP contribution is -2.33. The Hall–Kier alpha value is -2.60. The van der Waals surface area contributed by atoms with Gasteiger partial charge in [0.1, 0.15) is 24.1 Å². The van der Waals surface area contributed by atoms with Crippen LogP contribution in [-0.4, -0.2) is 74.2 Å². The normalized spacial score (nSPS) is 24.9. The summed E-state index contributed by atoms with van der Waals surface area (Å²) in [5.74, 6) is -0.262. The quantitative estimate of drug-likeness (QED) is 0.136. The minimum atomic E-state index is -5.78.